The van der Waals surface area contributed by atoms with Gasteiger partial charge in [-0.2, -0.15) is 0 Å². The average molecular weight is 459 g/mol. The molecule has 0 aliphatic carbocycles. The van der Waals surface area contributed by atoms with E-state index in [4.69, 9.17) is 9.47 Å². The number of carbonyl (C=O) groups is 2. The van der Waals surface area contributed by atoms with Crippen LogP contribution in [0.5, 0.6) is 0 Å². The third-order valence-electron chi connectivity index (χ3n) is 3.62. The zero-order valence-corrected chi connectivity index (χ0v) is 18.7. The van der Waals surface area contributed by atoms with E-state index in [0.29, 0.717) is 5.56 Å². The summed E-state index contributed by atoms with van der Waals surface area (Å²) < 4.78 is 11.3. The van der Waals surface area contributed by atoms with Crippen LogP contribution >= 0.6 is 15.9 Å². The number of nitrogens with zero attached hydrogens (tertiary/aromatic N) is 1. The van der Waals surface area contributed by atoms with E-state index < -0.39 is 39.8 Å². The number of nitrogens with one attached hydrogen (secondary N) is 1. The molecule has 0 saturated heterocycles. The molecule has 0 aromatic heterocycles. The molecular weight excluding hydrogens is 432 g/mol. The highest BCUT2D eigenvalue weighted by molar-refractivity contribution is 9.10. The fraction of sp³-hybridized carbons (Fsp3) is 0.579. The molecule has 1 rings (SSSR count). The highest BCUT2D eigenvalue weighted by Crippen LogP contribution is 2.32. The molecule has 0 heterocycles. The van der Waals surface area contributed by atoms with Crippen molar-refractivity contribution >= 4 is 28.0 Å². The number of rotatable bonds is 5. The predicted octanol–water partition coefficient (Wildman–Crippen LogP) is 4.39. The lowest BCUT2D eigenvalue weighted by Crippen LogP contribution is -2.57. The second-order valence-electron chi connectivity index (χ2n) is 8.54. The summed E-state index contributed by atoms with van der Waals surface area (Å²) in [5, 5.41) is 14.5. The summed E-state index contributed by atoms with van der Waals surface area (Å²) in [4.78, 5) is 36.4. The molecule has 9 heteroatoms. The second kappa shape index (κ2) is 8.46. The predicted molar refractivity (Wildman–Crippen MR) is 107 cm³/mol. The summed E-state index contributed by atoms with van der Waals surface area (Å²) in [7, 11) is 0. The third-order valence-corrected chi connectivity index (χ3v) is 4.15. The molecule has 0 aliphatic rings. The monoisotopic (exact) mass is 458 g/mol. The van der Waals surface area contributed by atoms with Gasteiger partial charge in [0.1, 0.15) is 17.2 Å². The summed E-state index contributed by atoms with van der Waals surface area (Å²) >= 11 is 3.30. The molecule has 156 valence electrons. The van der Waals surface area contributed by atoms with E-state index in [1.807, 2.05) is 0 Å². The molecule has 0 bridgehead atoms. The lowest BCUT2D eigenvalue weighted by molar-refractivity contribution is -0.557. The first-order valence-corrected chi connectivity index (χ1v) is 9.48. The number of esters is 1. The van der Waals surface area contributed by atoms with Gasteiger partial charge in [-0.3, -0.25) is 10.1 Å². The van der Waals surface area contributed by atoms with Crippen molar-refractivity contribution in [2.75, 3.05) is 0 Å². The molecule has 1 amide bonds. The van der Waals surface area contributed by atoms with Gasteiger partial charge < -0.3 is 14.8 Å². The molecule has 0 unspecified atom stereocenters. The van der Waals surface area contributed by atoms with E-state index in [1.165, 1.54) is 0 Å². The van der Waals surface area contributed by atoms with Gasteiger partial charge in [-0.25, -0.2) is 9.59 Å². The fourth-order valence-corrected chi connectivity index (χ4v) is 2.57. The number of nitro groups is 1. The maximum atomic E-state index is 12.8. The van der Waals surface area contributed by atoms with Crippen molar-refractivity contribution < 1.29 is 24.0 Å². The molecule has 28 heavy (non-hydrogen) atoms. The molecule has 1 aromatic carbocycles. The van der Waals surface area contributed by atoms with Crippen LogP contribution < -0.4 is 5.32 Å². The molecule has 0 fully saturated rings. The molecule has 8 nitrogen and oxygen atoms in total. The van der Waals surface area contributed by atoms with Crippen LogP contribution in [0.15, 0.2) is 28.7 Å². The molecule has 0 spiro atoms. The van der Waals surface area contributed by atoms with Gasteiger partial charge in [0, 0.05) is 16.3 Å². The van der Waals surface area contributed by atoms with Crippen LogP contribution in [-0.2, 0) is 14.3 Å². The first-order valence-electron chi connectivity index (χ1n) is 8.69. The minimum atomic E-state index is -2.28. The van der Waals surface area contributed by atoms with Crippen molar-refractivity contribution in [2.24, 2.45) is 0 Å². The third kappa shape index (κ3) is 6.47. The molecule has 1 aromatic rings. The minimum absolute atomic E-state index is 0.360. The van der Waals surface area contributed by atoms with Crippen LogP contribution in [0.4, 0.5) is 4.79 Å². The topological polar surface area (TPSA) is 108 Å². The van der Waals surface area contributed by atoms with Gasteiger partial charge in [0.15, 0.2) is 0 Å². The Morgan fingerprint density at radius 1 is 1.00 bits per heavy atom. The van der Waals surface area contributed by atoms with Crippen molar-refractivity contribution in [1.82, 2.24) is 5.32 Å². The lowest BCUT2D eigenvalue weighted by Gasteiger charge is -2.32. The SMILES string of the molecule is CC(C)(C)OC(=O)N[C@@H](c1ccc(Br)cc1)[C@](C)(C(=O)OC(C)(C)C)[N+](=O)[O-]. The van der Waals surface area contributed by atoms with E-state index >= 15 is 0 Å². The molecule has 0 radical (unpaired) electrons. The number of hydrogen-bond donors (Lipinski definition) is 1. The number of amides is 1. The number of carbonyl (C=O) groups excluding carboxylic acids is 2. The summed E-state index contributed by atoms with van der Waals surface area (Å²) in [6.07, 6.45) is -0.878. The number of benzene rings is 1. The fourth-order valence-electron chi connectivity index (χ4n) is 2.31. The summed E-state index contributed by atoms with van der Waals surface area (Å²) in [6.45, 7) is 11.0. The van der Waals surface area contributed by atoms with Crippen LogP contribution in [0.25, 0.3) is 0 Å². The normalized spacial score (nSPS) is 15.1. The van der Waals surface area contributed by atoms with Crippen LogP contribution in [-0.4, -0.2) is 33.7 Å². The Kier molecular flexibility index (Phi) is 7.22. The first kappa shape index (κ1) is 23.9. The number of halogens is 1. The van der Waals surface area contributed by atoms with E-state index in [9.17, 15) is 19.7 Å². The van der Waals surface area contributed by atoms with Crippen LogP contribution in [0, 0.1) is 10.1 Å². The Hall–Kier alpha value is -2.16. The molecule has 2 atom stereocenters. The Morgan fingerprint density at radius 3 is 1.86 bits per heavy atom. The van der Waals surface area contributed by atoms with E-state index in [2.05, 4.69) is 21.2 Å². The first-order chi connectivity index (χ1) is 12.6. The zero-order valence-electron chi connectivity index (χ0n) is 17.2. The zero-order chi connectivity index (χ0) is 21.9. The van der Waals surface area contributed by atoms with E-state index in [-0.39, 0.29) is 0 Å². The van der Waals surface area contributed by atoms with Gasteiger partial charge in [-0.15, -0.1) is 0 Å². The largest absolute Gasteiger partial charge is 0.455 e. The van der Waals surface area contributed by atoms with E-state index in [1.54, 1.807) is 65.8 Å². The Balaban J connectivity index is 3.43. The average Bonchev–Trinajstić information content (AvgIpc) is 2.49. The van der Waals surface area contributed by atoms with Gasteiger partial charge in [-0.1, -0.05) is 28.1 Å². The van der Waals surface area contributed by atoms with Gasteiger partial charge in [0.2, 0.25) is 0 Å². The molecule has 0 saturated carbocycles. The van der Waals surface area contributed by atoms with Crippen molar-refractivity contribution in [3.63, 3.8) is 0 Å². The number of hydrogen-bond acceptors (Lipinski definition) is 6. The highest BCUT2D eigenvalue weighted by Gasteiger charge is 2.57. The summed E-state index contributed by atoms with van der Waals surface area (Å²) in [5.41, 5.74) is -3.67. The van der Waals surface area contributed by atoms with Gasteiger partial charge in [0.05, 0.1) is 0 Å². The molecule has 1 N–H and O–H groups in total. The van der Waals surface area contributed by atoms with Crippen molar-refractivity contribution in [1.29, 1.82) is 0 Å². The molecule has 0 aliphatic heterocycles. The maximum absolute atomic E-state index is 12.8. The summed E-state index contributed by atoms with van der Waals surface area (Å²) in [6, 6.07) is 5.17. The second-order valence-corrected chi connectivity index (χ2v) is 9.45. The van der Waals surface area contributed by atoms with Crippen molar-refractivity contribution in [2.45, 2.75) is 71.2 Å². The Labute approximate surface area is 173 Å². The van der Waals surface area contributed by atoms with Crippen LogP contribution in [0.1, 0.15) is 60.1 Å². The maximum Gasteiger partial charge on any atom is 0.408 e. The van der Waals surface area contributed by atoms with Gasteiger partial charge >= 0.3 is 17.6 Å². The summed E-state index contributed by atoms with van der Waals surface area (Å²) in [5.74, 6) is -1.06. The van der Waals surface area contributed by atoms with Gasteiger partial charge in [-0.05, 0) is 59.2 Å². The van der Waals surface area contributed by atoms with Crippen LogP contribution in [0.3, 0.4) is 0 Å². The number of ether oxygens (including phenoxy) is 2. The van der Waals surface area contributed by atoms with Crippen molar-refractivity contribution in [3.05, 3.63) is 44.4 Å². The highest BCUT2D eigenvalue weighted by atomic mass is 79.9. The van der Waals surface area contributed by atoms with Crippen molar-refractivity contribution in [3.8, 4) is 0 Å². The Bertz CT molecular complexity index is 736. The van der Waals surface area contributed by atoms with Gasteiger partial charge in [0.25, 0.3) is 0 Å². The smallest absolute Gasteiger partial charge is 0.408 e. The quantitative estimate of drug-likeness (QED) is 0.398. The number of alkyl carbamates (subject to hydrolysis) is 1. The molecular formula is C19H27BrN2O6. The lowest BCUT2D eigenvalue weighted by atomic mass is 9.87. The standard InChI is InChI=1S/C19H27BrN2O6/c1-17(2,3)27-15(23)19(7,22(25)26)14(12-8-10-13(20)11-9-12)21-16(24)28-18(4,5)6/h8-11,14H,1-7H3,(H,21,24)/t14-,19+/m0/s1. The minimum Gasteiger partial charge on any atom is -0.455 e. The Morgan fingerprint density at radius 2 is 1.46 bits per heavy atom. The van der Waals surface area contributed by atoms with E-state index in [0.717, 1.165) is 11.4 Å². The van der Waals surface area contributed by atoms with Crippen LogP contribution in [0.2, 0.25) is 0 Å².